The fourth-order valence-corrected chi connectivity index (χ4v) is 2.13. The molecule has 0 atom stereocenters. The molecular weight excluding hydrogens is 246 g/mol. The maximum absolute atomic E-state index is 12.1. The summed E-state index contributed by atoms with van der Waals surface area (Å²) in [6, 6.07) is 15.7. The first-order valence-corrected chi connectivity index (χ1v) is 7.16. The molecular formula is C18H21NO. The van der Waals surface area contributed by atoms with E-state index in [9.17, 15) is 4.79 Å². The van der Waals surface area contributed by atoms with Gasteiger partial charge < -0.3 is 5.32 Å². The van der Waals surface area contributed by atoms with Crippen LogP contribution in [0.25, 0.3) is 0 Å². The smallest absolute Gasteiger partial charge is 0.255 e. The van der Waals surface area contributed by atoms with Crippen LogP contribution in [0.5, 0.6) is 0 Å². The zero-order chi connectivity index (χ0) is 14.4. The van der Waals surface area contributed by atoms with E-state index in [1.807, 2.05) is 55.5 Å². The van der Waals surface area contributed by atoms with Crippen molar-refractivity contribution in [3.63, 3.8) is 0 Å². The molecule has 0 fully saturated rings. The molecule has 0 spiro atoms. The Bertz CT molecular complexity index is 572. The van der Waals surface area contributed by atoms with Gasteiger partial charge in [-0.15, -0.1) is 0 Å². The summed E-state index contributed by atoms with van der Waals surface area (Å²) in [5.41, 5.74) is 3.97. The highest BCUT2D eigenvalue weighted by Gasteiger charge is 2.05. The molecule has 0 aliphatic rings. The third-order valence-corrected chi connectivity index (χ3v) is 3.31. The molecule has 1 amide bonds. The average Bonchev–Trinajstić information content (AvgIpc) is 2.45. The second kappa shape index (κ2) is 6.90. The van der Waals surface area contributed by atoms with Gasteiger partial charge in [0.1, 0.15) is 0 Å². The molecule has 2 rings (SSSR count). The lowest BCUT2D eigenvalue weighted by molar-refractivity contribution is 0.102. The minimum atomic E-state index is -0.0577. The zero-order valence-corrected chi connectivity index (χ0v) is 12.1. The van der Waals surface area contributed by atoms with Crippen molar-refractivity contribution in [1.82, 2.24) is 0 Å². The molecule has 2 nitrogen and oxygen atoms in total. The van der Waals surface area contributed by atoms with E-state index in [0.29, 0.717) is 5.56 Å². The number of carbonyl (C=O) groups is 1. The zero-order valence-electron chi connectivity index (χ0n) is 12.1. The Balaban J connectivity index is 2.02. The lowest BCUT2D eigenvalue weighted by Crippen LogP contribution is -2.11. The molecule has 0 unspecified atom stereocenters. The van der Waals surface area contributed by atoms with E-state index in [-0.39, 0.29) is 5.91 Å². The maximum Gasteiger partial charge on any atom is 0.255 e. The number of amides is 1. The van der Waals surface area contributed by atoms with Crippen LogP contribution >= 0.6 is 0 Å². The number of hydrogen-bond donors (Lipinski definition) is 1. The largest absolute Gasteiger partial charge is 0.322 e. The van der Waals surface area contributed by atoms with Gasteiger partial charge in [0.15, 0.2) is 0 Å². The fourth-order valence-electron chi connectivity index (χ4n) is 2.13. The van der Waals surface area contributed by atoms with Crippen molar-refractivity contribution in [2.75, 3.05) is 5.32 Å². The summed E-state index contributed by atoms with van der Waals surface area (Å²) in [6.07, 6.45) is 3.46. The number of hydrogen-bond acceptors (Lipinski definition) is 1. The summed E-state index contributed by atoms with van der Waals surface area (Å²) in [4.78, 5) is 12.1. The van der Waals surface area contributed by atoms with Gasteiger partial charge in [0.25, 0.3) is 5.91 Å². The third-order valence-electron chi connectivity index (χ3n) is 3.31. The molecule has 0 aliphatic heterocycles. The van der Waals surface area contributed by atoms with Crippen LogP contribution in [0.3, 0.4) is 0 Å². The van der Waals surface area contributed by atoms with E-state index in [2.05, 4.69) is 12.2 Å². The fraction of sp³-hybridized carbons (Fsp3) is 0.278. The molecule has 0 radical (unpaired) electrons. The van der Waals surface area contributed by atoms with Crippen molar-refractivity contribution in [3.05, 3.63) is 65.2 Å². The molecule has 0 aromatic heterocycles. The molecule has 2 aromatic carbocycles. The highest BCUT2D eigenvalue weighted by molar-refractivity contribution is 6.04. The number of carbonyl (C=O) groups excluding carboxylic acids is 1. The van der Waals surface area contributed by atoms with Gasteiger partial charge in [0.05, 0.1) is 0 Å². The molecule has 0 aliphatic carbocycles. The Kier molecular flexibility index (Phi) is 4.94. The molecule has 2 aromatic rings. The molecule has 104 valence electrons. The molecule has 20 heavy (non-hydrogen) atoms. The number of nitrogens with one attached hydrogen (secondary N) is 1. The van der Waals surface area contributed by atoms with E-state index < -0.39 is 0 Å². The molecule has 1 N–H and O–H groups in total. The predicted molar refractivity (Wildman–Crippen MR) is 84.2 cm³/mol. The van der Waals surface area contributed by atoms with Gasteiger partial charge in [-0.1, -0.05) is 37.6 Å². The van der Waals surface area contributed by atoms with E-state index in [0.717, 1.165) is 17.7 Å². The first-order valence-electron chi connectivity index (χ1n) is 7.16. The number of benzene rings is 2. The Morgan fingerprint density at radius 3 is 2.50 bits per heavy atom. The van der Waals surface area contributed by atoms with E-state index in [1.54, 1.807) is 0 Å². The number of unbranched alkanes of at least 4 members (excludes halogenated alkanes) is 1. The first-order chi connectivity index (χ1) is 9.69. The van der Waals surface area contributed by atoms with Gasteiger partial charge in [-0.3, -0.25) is 4.79 Å². The lowest BCUT2D eigenvalue weighted by atomic mass is 10.1. The SMILES string of the molecule is CCCCc1ccc(C(=O)Nc2cccc(C)c2)cc1. The lowest BCUT2D eigenvalue weighted by Gasteiger charge is -2.07. The van der Waals surface area contributed by atoms with Crippen molar-refractivity contribution in [1.29, 1.82) is 0 Å². The summed E-state index contributed by atoms with van der Waals surface area (Å²) in [7, 11) is 0. The van der Waals surface area contributed by atoms with Gasteiger partial charge >= 0.3 is 0 Å². The van der Waals surface area contributed by atoms with Crippen LogP contribution in [0.2, 0.25) is 0 Å². The van der Waals surface area contributed by atoms with Crippen LogP contribution in [0.1, 0.15) is 41.3 Å². The Morgan fingerprint density at radius 2 is 1.85 bits per heavy atom. The number of anilines is 1. The van der Waals surface area contributed by atoms with Crippen LogP contribution in [0, 0.1) is 6.92 Å². The van der Waals surface area contributed by atoms with Crippen molar-refractivity contribution in [2.45, 2.75) is 33.1 Å². The van der Waals surface area contributed by atoms with Gasteiger partial charge in [-0.2, -0.15) is 0 Å². The molecule has 0 saturated heterocycles. The summed E-state index contributed by atoms with van der Waals surface area (Å²) >= 11 is 0. The molecule has 2 heteroatoms. The van der Waals surface area contributed by atoms with E-state index in [1.165, 1.54) is 18.4 Å². The topological polar surface area (TPSA) is 29.1 Å². The van der Waals surface area contributed by atoms with Crippen LogP contribution < -0.4 is 5.32 Å². The maximum atomic E-state index is 12.1. The Morgan fingerprint density at radius 1 is 1.10 bits per heavy atom. The highest BCUT2D eigenvalue weighted by Crippen LogP contribution is 2.13. The van der Waals surface area contributed by atoms with Crippen molar-refractivity contribution in [2.24, 2.45) is 0 Å². The first kappa shape index (κ1) is 14.3. The predicted octanol–water partition coefficient (Wildman–Crippen LogP) is 4.59. The normalized spacial score (nSPS) is 10.3. The van der Waals surface area contributed by atoms with Crippen molar-refractivity contribution >= 4 is 11.6 Å². The average molecular weight is 267 g/mol. The van der Waals surface area contributed by atoms with Gasteiger partial charge in [0, 0.05) is 11.3 Å². The number of aryl methyl sites for hydroxylation is 2. The number of rotatable bonds is 5. The van der Waals surface area contributed by atoms with E-state index in [4.69, 9.17) is 0 Å². The van der Waals surface area contributed by atoms with Crippen LogP contribution in [0.4, 0.5) is 5.69 Å². The van der Waals surface area contributed by atoms with Gasteiger partial charge in [-0.25, -0.2) is 0 Å². The molecule has 0 bridgehead atoms. The Hall–Kier alpha value is -2.09. The minimum Gasteiger partial charge on any atom is -0.322 e. The third kappa shape index (κ3) is 3.95. The summed E-state index contributed by atoms with van der Waals surface area (Å²) in [5.74, 6) is -0.0577. The summed E-state index contributed by atoms with van der Waals surface area (Å²) < 4.78 is 0. The second-order valence-electron chi connectivity index (χ2n) is 5.12. The summed E-state index contributed by atoms with van der Waals surface area (Å²) in [6.45, 7) is 4.20. The van der Waals surface area contributed by atoms with E-state index >= 15 is 0 Å². The second-order valence-corrected chi connectivity index (χ2v) is 5.12. The van der Waals surface area contributed by atoms with Gasteiger partial charge in [0.2, 0.25) is 0 Å². The summed E-state index contributed by atoms with van der Waals surface area (Å²) in [5, 5.41) is 2.92. The monoisotopic (exact) mass is 267 g/mol. The van der Waals surface area contributed by atoms with Crippen molar-refractivity contribution in [3.8, 4) is 0 Å². The van der Waals surface area contributed by atoms with Crippen molar-refractivity contribution < 1.29 is 4.79 Å². The van der Waals surface area contributed by atoms with Crippen LogP contribution in [-0.4, -0.2) is 5.91 Å². The van der Waals surface area contributed by atoms with Crippen LogP contribution in [0.15, 0.2) is 48.5 Å². The minimum absolute atomic E-state index is 0.0577. The van der Waals surface area contributed by atoms with Gasteiger partial charge in [-0.05, 0) is 55.2 Å². The highest BCUT2D eigenvalue weighted by atomic mass is 16.1. The quantitative estimate of drug-likeness (QED) is 0.843. The molecule has 0 saturated carbocycles. The Labute approximate surface area is 120 Å². The standard InChI is InChI=1S/C18H21NO/c1-3-4-7-15-9-11-16(12-10-15)18(20)19-17-8-5-6-14(2)13-17/h5-6,8-13H,3-4,7H2,1-2H3,(H,19,20). The molecule has 0 heterocycles. The van der Waals surface area contributed by atoms with Crippen LogP contribution in [-0.2, 0) is 6.42 Å².